The monoisotopic (exact) mass is 469 g/mol. The minimum Gasteiger partial charge on any atom is -0.353 e. The molecule has 6 nitrogen and oxygen atoms in total. The predicted octanol–water partition coefficient (Wildman–Crippen LogP) is 6.02. The molecule has 2 N–H and O–H groups in total. The van der Waals surface area contributed by atoms with Gasteiger partial charge in [0.15, 0.2) is 0 Å². The van der Waals surface area contributed by atoms with Crippen LogP contribution in [0.25, 0.3) is 33.5 Å². The van der Waals surface area contributed by atoms with E-state index in [-0.39, 0.29) is 11.7 Å². The standard InChI is InChI=1S/C27H21F2N5O/c1-15-13-21-25(34-26(15)29)23(20-5-3-4-11-30-20)24(32-21)18-10-12-31-22(14-18)33-27(35)16(2)17-6-8-19(28)9-7-17/h3-14,16,32H,1-2H3,(H,31,33,35)/t16-/m0/s1. The fraction of sp³-hybridized carbons (Fsp3) is 0.111. The molecule has 5 rings (SSSR count). The molecule has 1 atom stereocenters. The number of fused-ring (bicyclic) bond motifs is 1. The Labute approximate surface area is 200 Å². The summed E-state index contributed by atoms with van der Waals surface area (Å²) in [6, 6.07) is 16.5. The van der Waals surface area contributed by atoms with Crippen molar-refractivity contribution in [1.29, 1.82) is 0 Å². The molecule has 1 aromatic carbocycles. The van der Waals surface area contributed by atoms with Gasteiger partial charge in [0.25, 0.3) is 0 Å². The minimum absolute atomic E-state index is 0.276. The number of carbonyl (C=O) groups is 1. The van der Waals surface area contributed by atoms with E-state index >= 15 is 0 Å². The van der Waals surface area contributed by atoms with Gasteiger partial charge in [-0.1, -0.05) is 18.2 Å². The molecule has 8 heteroatoms. The van der Waals surface area contributed by atoms with E-state index in [4.69, 9.17) is 0 Å². The van der Waals surface area contributed by atoms with Crippen LogP contribution >= 0.6 is 0 Å². The minimum atomic E-state index is -0.544. The number of nitrogens with zero attached hydrogens (tertiary/aromatic N) is 3. The number of H-pyrrole nitrogens is 1. The van der Waals surface area contributed by atoms with Crippen LogP contribution in [0.4, 0.5) is 14.6 Å². The van der Waals surface area contributed by atoms with E-state index in [0.29, 0.717) is 44.9 Å². The van der Waals surface area contributed by atoms with Gasteiger partial charge < -0.3 is 10.3 Å². The number of hydrogen-bond acceptors (Lipinski definition) is 4. The number of anilines is 1. The second-order valence-electron chi connectivity index (χ2n) is 8.27. The lowest BCUT2D eigenvalue weighted by atomic mass is 10.0. The molecule has 0 aliphatic carbocycles. The van der Waals surface area contributed by atoms with Gasteiger partial charge in [0.2, 0.25) is 11.9 Å². The van der Waals surface area contributed by atoms with Crippen molar-refractivity contribution in [2.24, 2.45) is 0 Å². The van der Waals surface area contributed by atoms with Crippen LogP contribution in [0.3, 0.4) is 0 Å². The maximum Gasteiger partial charge on any atom is 0.232 e. The van der Waals surface area contributed by atoms with Crippen LogP contribution in [0.2, 0.25) is 0 Å². The number of hydrogen-bond donors (Lipinski definition) is 2. The summed E-state index contributed by atoms with van der Waals surface area (Å²) in [6.07, 6.45) is 3.25. The molecule has 4 aromatic heterocycles. The Balaban J connectivity index is 1.54. The van der Waals surface area contributed by atoms with Gasteiger partial charge in [-0.25, -0.2) is 14.4 Å². The summed E-state index contributed by atoms with van der Waals surface area (Å²) < 4.78 is 27.6. The SMILES string of the molecule is Cc1cc2[nH]c(-c3ccnc(NC(=O)[C@@H](C)c4ccc(F)cc4)c3)c(-c3ccccn3)c2nc1F. The lowest BCUT2D eigenvalue weighted by molar-refractivity contribution is -0.117. The lowest BCUT2D eigenvalue weighted by Gasteiger charge is -2.13. The lowest BCUT2D eigenvalue weighted by Crippen LogP contribution is -2.19. The average Bonchev–Trinajstić information content (AvgIpc) is 3.23. The summed E-state index contributed by atoms with van der Waals surface area (Å²) in [5.41, 5.74) is 4.95. The highest BCUT2D eigenvalue weighted by Crippen LogP contribution is 2.37. The number of pyridine rings is 3. The summed E-state index contributed by atoms with van der Waals surface area (Å²) in [5, 5.41) is 2.83. The Hall–Kier alpha value is -4.46. The van der Waals surface area contributed by atoms with Crippen molar-refractivity contribution >= 4 is 22.8 Å². The van der Waals surface area contributed by atoms with Crippen LogP contribution in [0.15, 0.2) is 73.1 Å². The van der Waals surface area contributed by atoms with Gasteiger partial charge in [-0.05, 0) is 61.9 Å². The van der Waals surface area contributed by atoms with Crippen molar-refractivity contribution in [3.63, 3.8) is 0 Å². The normalized spacial score (nSPS) is 12.0. The van der Waals surface area contributed by atoms with Crippen molar-refractivity contribution in [3.8, 4) is 22.5 Å². The van der Waals surface area contributed by atoms with Crippen molar-refractivity contribution in [2.45, 2.75) is 19.8 Å². The molecule has 0 unspecified atom stereocenters. The van der Waals surface area contributed by atoms with Gasteiger partial charge in [-0.2, -0.15) is 4.39 Å². The van der Waals surface area contributed by atoms with E-state index < -0.39 is 11.9 Å². The fourth-order valence-corrected chi connectivity index (χ4v) is 3.96. The highest BCUT2D eigenvalue weighted by Gasteiger charge is 2.20. The third-order valence-electron chi connectivity index (χ3n) is 5.88. The van der Waals surface area contributed by atoms with E-state index in [1.807, 2.05) is 12.1 Å². The van der Waals surface area contributed by atoms with Gasteiger partial charge in [-0.3, -0.25) is 9.78 Å². The molecule has 0 aliphatic heterocycles. The summed E-state index contributed by atoms with van der Waals surface area (Å²) in [6.45, 7) is 3.40. The highest BCUT2D eigenvalue weighted by atomic mass is 19.1. The number of benzene rings is 1. The number of carbonyl (C=O) groups excluding carboxylic acids is 1. The number of rotatable bonds is 5. The number of aromatic nitrogens is 4. The Morgan fingerprint density at radius 3 is 2.54 bits per heavy atom. The number of nitrogens with one attached hydrogen (secondary N) is 2. The summed E-state index contributed by atoms with van der Waals surface area (Å²) >= 11 is 0. The Kier molecular flexibility index (Phi) is 5.78. The van der Waals surface area contributed by atoms with Crippen LogP contribution in [0.1, 0.15) is 24.0 Å². The van der Waals surface area contributed by atoms with Gasteiger partial charge >= 0.3 is 0 Å². The first kappa shape index (κ1) is 22.3. The quantitative estimate of drug-likeness (QED) is 0.309. The Bertz CT molecular complexity index is 1530. The van der Waals surface area contributed by atoms with Gasteiger partial charge in [0.05, 0.1) is 28.4 Å². The highest BCUT2D eigenvalue weighted by molar-refractivity contribution is 6.01. The van der Waals surface area contributed by atoms with Gasteiger partial charge in [-0.15, -0.1) is 0 Å². The predicted molar refractivity (Wildman–Crippen MR) is 131 cm³/mol. The molecule has 0 fully saturated rings. The van der Waals surface area contributed by atoms with Crippen LogP contribution in [-0.4, -0.2) is 25.8 Å². The third kappa shape index (κ3) is 4.38. The smallest absolute Gasteiger partial charge is 0.232 e. The molecule has 0 saturated heterocycles. The van der Waals surface area contributed by atoms with E-state index in [1.165, 1.54) is 12.1 Å². The summed E-state index contributed by atoms with van der Waals surface area (Å²) in [4.78, 5) is 29.1. The first-order valence-electron chi connectivity index (χ1n) is 11.0. The van der Waals surface area contributed by atoms with Crippen molar-refractivity contribution in [2.75, 3.05) is 5.32 Å². The molecule has 1 amide bonds. The zero-order chi connectivity index (χ0) is 24.5. The molecule has 0 bridgehead atoms. The maximum atomic E-state index is 14.4. The van der Waals surface area contributed by atoms with E-state index in [0.717, 1.165) is 5.56 Å². The number of amides is 1. The van der Waals surface area contributed by atoms with Crippen LogP contribution in [-0.2, 0) is 4.79 Å². The molecule has 0 spiro atoms. The topological polar surface area (TPSA) is 83.6 Å². The zero-order valence-corrected chi connectivity index (χ0v) is 19.0. The molecular weight excluding hydrogens is 448 g/mol. The van der Waals surface area contributed by atoms with E-state index in [9.17, 15) is 13.6 Å². The molecule has 0 radical (unpaired) electrons. The first-order valence-corrected chi connectivity index (χ1v) is 11.0. The summed E-state index contributed by atoms with van der Waals surface area (Å²) in [5.74, 6) is -1.34. The molecular formula is C27H21F2N5O. The average molecular weight is 469 g/mol. The van der Waals surface area contributed by atoms with Crippen molar-refractivity contribution < 1.29 is 13.6 Å². The number of halogens is 2. The van der Waals surface area contributed by atoms with Crippen molar-refractivity contribution in [3.05, 3.63) is 95.9 Å². The number of aryl methyl sites for hydroxylation is 1. The fourth-order valence-electron chi connectivity index (χ4n) is 3.96. The Morgan fingerprint density at radius 1 is 1.00 bits per heavy atom. The van der Waals surface area contributed by atoms with Gasteiger partial charge in [0.1, 0.15) is 17.2 Å². The molecule has 5 aromatic rings. The van der Waals surface area contributed by atoms with Crippen LogP contribution in [0, 0.1) is 18.7 Å². The van der Waals surface area contributed by atoms with E-state index in [2.05, 4.69) is 25.3 Å². The maximum absolute atomic E-state index is 14.4. The largest absolute Gasteiger partial charge is 0.353 e. The molecule has 0 aliphatic rings. The molecule has 174 valence electrons. The van der Waals surface area contributed by atoms with Gasteiger partial charge in [0, 0.05) is 23.5 Å². The van der Waals surface area contributed by atoms with Crippen LogP contribution < -0.4 is 5.32 Å². The first-order chi connectivity index (χ1) is 16.9. The molecule has 35 heavy (non-hydrogen) atoms. The number of aromatic amines is 1. The zero-order valence-electron chi connectivity index (χ0n) is 19.0. The van der Waals surface area contributed by atoms with Crippen LogP contribution in [0.5, 0.6) is 0 Å². The van der Waals surface area contributed by atoms with E-state index in [1.54, 1.807) is 62.6 Å². The summed E-state index contributed by atoms with van der Waals surface area (Å²) in [7, 11) is 0. The Morgan fingerprint density at radius 2 is 1.80 bits per heavy atom. The molecule has 4 heterocycles. The third-order valence-corrected chi connectivity index (χ3v) is 5.88. The van der Waals surface area contributed by atoms with Crippen molar-refractivity contribution in [1.82, 2.24) is 19.9 Å². The second kappa shape index (κ2) is 9.06. The second-order valence-corrected chi connectivity index (χ2v) is 8.27. The molecule has 0 saturated carbocycles.